The molecule has 0 amide bonds. The lowest BCUT2D eigenvalue weighted by molar-refractivity contribution is -0.141. The lowest BCUT2D eigenvalue weighted by Gasteiger charge is -2.24. The molecule has 32 heavy (non-hydrogen) atoms. The zero-order chi connectivity index (χ0) is 23.1. The van der Waals surface area contributed by atoms with E-state index in [-0.39, 0.29) is 0 Å². The van der Waals surface area contributed by atoms with Crippen molar-refractivity contribution in [3.05, 3.63) is 83.5 Å². The Hall–Kier alpha value is -3.62. The molecule has 0 aliphatic heterocycles. The Morgan fingerprint density at radius 3 is 2.16 bits per heavy atom. The summed E-state index contributed by atoms with van der Waals surface area (Å²) in [5.41, 5.74) is 2.24. The first-order chi connectivity index (χ1) is 15.1. The van der Waals surface area contributed by atoms with Crippen LogP contribution in [0.2, 0.25) is 0 Å². The lowest BCUT2D eigenvalue weighted by atomic mass is 9.84. The number of halogens is 3. The number of nitrogens with zero attached hydrogens (tertiary/aromatic N) is 6. The van der Waals surface area contributed by atoms with Crippen molar-refractivity contribution in [2.45, 2.75) is 39.3 Å². The Kier molecular flexibility index (Phi) is 5.28. The van der Waals surface area contributed by atoms with Crippen LogP contribution < -0.4 is 0 Å². The van der Waals surface area contributed by atoms with Crippen LogP contribution >= 0.6 is 0 Å². The SMILES string of the molecule is Cc1ncc(-c2cccc(C(C)(C)c3cccc(-n4ccc(C(F)(F)F)n4)n3)n2)c(C)n1. The van der Waals surface area contributed by atoms with E-state index in [1.54, 1.807) is 18.3 Å². The van der Waals surface area contributed by atoms with Crippen LogP contribution in [0.3, 0.4) is 0 Å². The number of pyridine rings is 2. The summed E-state index contributed by atoms with van der Waals surface area (Å²) in [6.07, 6.45) is -1.50. The minimum atomic E-state index is -4.51. The second kappa shape index (κ2) is 7.81. The van der Waals surface area contributed by atoms with Gasteiger partial charge in [-0.05, 0) is 58.0 Å². The van der Waals surface area contributed by atoms with E-state index in [0.717, 1.165) is 33.4 Å². The number of rotatable bonds is 4. The molecule has 0 fully saturated rings. The van der Waals surface area contributed by atoms with Crippen LogP contribution in [0.15, 0.2) is 54.9 Å². The third kappa shape index (κ3) is 4.10. The van der Waals surface area contributed by atoms with Gasteiger partial charge >= 0.3 is 6.18 Å². The smallest absolute Gasteiger partial charge is 0.252 e. The fourth-order valence-electron chi connectivity index (χ4n) is 3.40. The molecule has 4 heterocycles. The van der Waals surface area contributed by atoms with E-state index >= 15 is 0 Å². The molecular weight excluding hydrogens is 417 g/mol. The molecule has 9 heteroatoms. The highest BCUT2D eigenvalue weighted by atomic mass is 19.4. The summed E-state index contributed by atoms with van der Waals surface area (Å²) in [6, 6.07) is 11.8. The van der Waals surface area contributed by atoms with Gasteiger partial charge in [-0.25, -0.2) is 19.6 Å². The first-order valence-electron chi connectivity index (χ1n) is 9.94. The van der Waals surface area contributed by atoms with Gasteiger partial charge in [0.1, 0.15) is 5.82 Å². The van der Waals surface area contributed by atoms with Crippen molar-refractivity contribution in [1.82, 2.24) is 29.7 Å². The molecule has 4 aromatic heterocycles. The molecule has 4 rings (SSSR count). The largest absolute Gasteiger partial charge is 0.435 e. The molecular formula is C23H21F3N6. The average Bonchev–Trinajstić information content (AvgIpc) is 3.25. The van der Waals surface area contributed by atoms with Crippen LogP contribution in [0.25, 0.3) is 17.1 Å². The number of alkyl halides is 3. The molecule has 0 saturated carbocycles. The van der Waals surface area contributed by atoms with Crippen molar-refractivity contribution >= 4 is 0 Å². The predicted octanol–water partition coefficient (Wildman–Crippen LogP) is 5.08. The van der Waals surface area contributed by atoms with Crippen molar-refractivity contribution in [2.75, 3.05) is 0 Å². The van der Waals surface area contributed by atoms with Gasteiger partial charge in [-0.2, -0.15) is 18.3 Å². The number of hydrogen-bond donors (Lipinski definition) is 0. The summed E-state index contributed by atoms with van der Waals surface area (Å²) in [7, 11) is 0. The van der Waals surface area contributed by atoms with Crippen molar-refractivity contribution in [2.24, 2.45) is 0 Å². The monoisotopic (exact) mass is 438 g/mol. The summed E-state index contributed by atoms with van der Waals surface area (Å²) in [4.78, 5) is 18.1. The first-order valence-corrected chi connectivity index (χ1v) is 9.94. The van der Waals surface area contributed by atoms with E-state index in [1.165, 1.54) is 6.20 Å². The third-order valence-electron chi connectivity index (χ3n) is 5.25. The van der Waals surface area contributed by atoms with Crippen LogP contribution in [-0.4, -0.2) is 29.7 Å². The summed E-state index contributed by atoms with van der Waals surface area (Å²) in [5.74, 6) is 0.987. The maximum Gasteiger partial charge on any atom is 0.435 e. The van der Waals surface area contributed by atoms with Gasteiger partial charge in [0.05, 0.1) is 22.8 Å². The number of aromatic nitrogens is 6. The molecule has 0 spiro atoms. The molecule has 0 bridgehead atoms. The molecule has 0 atom stereocenters. The minimum Gasteiger partial charge on any atom is -0.252 e. The summed E-state index contributed by atoms with van der Waals surface area (Å²) in [5, 5.41) is 3.62. The second-order valence-electron chi connectivity index (χ2n) is 7.97. The van der Waals surface area contributed by atoms with E-state index < -0.39 is 17.3 Å². The Labute approximate surface area is 183 Å². The second-order valence-corrected chi connectivity index (χ2v) is 7.97. The highest BCUT2D eigenvalue weighted by molar-refractivity contribution is 5.61. The van der Waals surface area contributed by atoms with E-state index in [1.807, 2.05) is 52.0 Å². The highest BCUT2D eigenvalue weighted by Crippen LogP contribution is 2.32. The quantitative estimate of drug-likeness (QED) is 0.444. The molecule has 0 aliphatic rings. The van der Waals surface area contributed by atoms with Crippen LogP contribution in [0.1, 0.15) is 42.4 Å². The normalized spacial score (nSPS) is 12.2. The number of aryl methyl sites for hydroxylation is 2. The van der Waals surface area contributed by atoms with Gasteiger partial charge in [0.2, 0.25) is 0 Å². The molecule has 0 unspecified atom stereocenters. The third-order valence-corrected chi connectivity index (χ3v) is 5.25. The summed E-state index contributed by atoms with van der Waals surface area (Å²) >= 11 is 0. The Morgan fingerprint density at radius 1 is 0.812 bits per heavy atom. The molecule has 0 radical (unpaired) electrons. The first kappa shape index (κ1) is 21.6. The zero-order valence-electron chi connectivity index (χ0n) is 18.0. The van der Waals surface area contributed by atoms with Crippen LogP contribution in [0.5, 0.6) is 0 Å². The number of hydrogen-bond acceptors (Lipinski definition) is 5. The molecule has 4 aromatic rings. The van der Waals surface area contributed by atoms with Gasteiger partial charge in [0.15, 0.2) is 11.5 Å². The Balaban J connectivity index is 1.71. The van der Waals surface area contributed by atoms with E-state index in [9.17, 15) is 13.2 Å². The van der Waals surface area contributed by atoms with E-state index in [2.05, 4.69) is 20.1 Å². The van der Waals surface area contributed by atoms with Gasteiger partial charge in [-0.1, -0.05) is 12.1 Å². The summed E-state index contributed by atoms with van der Waals surface area (Å²) in [6.45, 7) is 7.68. The van der Waals surface area contributed by atoms with Crippen molar-refractivity contribution < 1.29 is 13.2 Å². The van der Waals surface area contributed by atoms with Crippen LogP contribution in [-0.2, 0) is 11.6 Å². The predicted molar refractivity (Wildman–Crippen MR) is 113 cm³/mol. The van der Waals surface area contributed by atoms with Crippen molar-refractivity contribution in [3.8, 4) is 17.1 Å². The Bertz CT molecular complexity index is 1280. The van der Waals surface area contributed by atoms with Crippen LogP contribution in [0, 0.1) is 13.8 Å². The molecule has 0 saturated heterocycles. The summed E-state index contributed by atoms with van der Waals surface area (Å²) < 4.78 is 39.9. The fraction of sp³-hybridized carbons (Fsp3) is 0.261. The van der Waals surface area contributed by atoms with Crippen molar-refractivity contribution in [1.29, 1.82) is 0 Å². The van der Waals surface area contributed by atoms with Gasteiger partial charge in [-0.15, -0.1) is 0 Å². The molecule has 0 aliphatic carbocycles. The standard InChI is InChI=1S/C23H21F3N6/c1-14-16(13-27-15(2)28-14)17-7-5-8-18(29-17)22(3,4)19-9-6-10-21(30-19)32-12-11-20(31-32)23(24,25)26/h5-13H,1-4H3. The molecule has 164 valence electrons. The topological polar surface area (TPSA) is 69.4 Å². The minimum absolute atomic E-state index is 0.296. The lowest BCUT2D eigenvalue weighted by Crippen LogP contribution is -2.23. The van der Waals surface area contributed by atoms with Crippen LogP contribution in [0.4, 0.5) is 13.2 Å². The average molecular weight is 438 g/mol. The van der Waals surface area contributed by atoms with Gasteiger partial charge in [0.25, 0.3) is 0 Å². The van der Waals surface area contributed by atoms with Gasteiger partial charge < -0.3 is 0 Å². The van der Waals surface area contributed by atoms with Gasteiger partial charge in [0, 0.05) is 23.4 Å². The maximum atomic E-state index is 12.9. The Morgan fingerprint density at radius 2 is 1.50 bits per heavy atom. The molecule has 6 nitrogen and oxygen atoms in total. The molecule has 0 aromatic carbocycles. The highest BCUT2D eigenvalue weighted by Gasteiger charge is 2.34. The van der Waals surface area contributed by atoms with Crippen molar-refractivity contribution in [3.63, 3.8) is 0 Å². The zero-order valence-corrected chi connectivity index (χ0v) is 18.0. The fourth-order valence-corrected chi connectivity index (χ4v) is 3.40. The van der Waals surface area contributed by atoms with E-state index in [0.29, 0.717) is 17.3 Å². The molecule has 0 N–H and O–H groups in total. The van der Waals surface area contributed by atoms with Gasteiger partial charge in [-0.3, -0.25) is 4.98 Å². The maximum absolute atomic E-state index is 12.9. The van der Waals surface area contributed by atoms with E-state index in [4.69, 9.17) is 4.98 Å².